The summed E-state index contributed by atoms with van der Waals surface area (Å²) in [6, 6.07) is 13.8. The van der Waals surface area contributed by atoms with E-state index in [1.807, 2.05) is 63.2 Å². The van der Waals surface area contributed by atoms with Crippen LogP contribution in [0.2, 0.25) is 0 Å². The molecule has 3 rings (SSSR count). The van der Waals surface area contributed by atoms with Crippen LogP contribution in [0, 0.1) is 6.92 Å². The molecular formula is C19H20N2O2S2. The molecule has 0 saturated carbocycles. The lowest BCUT2D eigenvalue weighted by molar-refractivity contribution is -0.115. The molecule has 0 fully saturated rings. The van der Waals surface area contributed by atoms with Crippen LogP contribution in [0.5, 0.6) is 0 Å². The van der Waals surface area contributed by atoms with Gasteiger partial charge in [0.25, 0.3) is 0 Å². The lowest BCUT2D eigenvalue weighted by Gasteiger charge is -2.12. The molecule has 0 aliphatic heterocycles. The second kappa shape index (κ2) is 7.45. The van der Waals surface area contributed by atoms with Gasteiger partial charge in [-0.15, -0.1) is 11.8 Å². The topological polar surface area (TPSA) is 51.1 Å². The molecule has 0 aliphatic carbocycles. The van der Waals surface area contributed by atoms with Crippen molar-refractivity contribution < 1.29 is 4.79 Å². The van der Waals surface area contributed by atoms with Gasteiger partial charge in [0.2, 0.25) is 5.91 Å². The molecule has 0 unspecified atom stereocenters. The monoisotopic (exact) mass is 372 g/mol. The van der Waals surface area contributed by atoms with Crippen molar-refractivity contribution in [1.29, 1.82) is 0 Å². The Hall–Kier alpha value is -2.05. The van der Waals surface area contributed by atoms with E-state index in [2.05, 4.69) is 5.32 Å². The number of thiazole rings is 1. The number of carbonyl (C=O) groups excluding carboxylic acids is 1. The van der Waals surface area contributed by atoms with Crippen LogP contribution >= 0.6 is 23.1 Å². The van der Waals surface area contributed by atoms with E-state index in [4.69, 9.17) is 0 Å². The normalized spacial score (nSPS) is 12.3. The van der Waals surface area contributed by atoms with Crippen molar-refractivity contribution >= 4 is 44.9 Å². The van der Waals surface area contributed by atoms with Gasteiger partial charge >= 0.3 is 4.87 Å². The maximum absolute atomic E-state index is 12.5. The maximum atomic E-state index is 12.5. The Morgan fingerprint density at radius 1 is 1.24 bits per heavy atom. The number of rotatable bonds is 5. The van der Waals surface area contributed by atoms with Gasteiger partial charge in [-0.25, -0.2) is 0 Å². The molecule has 0 bridgehead atoms. The van der Waals surface area contributed by atoms with Gasteiger partial charge in [-0.3, -0.25) is 14.2 Å². The highest BCUT2D eigenvalue weighted by atomic mass is 32.2. The van der Waals surface area contributed by atoms with Crippen molar-refractivity contribution in [2.24, 2.45) is 0 Å². The van der Waals surface area contributed by atoms with Crippen molar-refractivity contribution in [1.82, 2.24) is 4.57 Å². The molecule has 4 nitrogen and oxygen atoms in total. The average molecular weight is 373 g/mol. The number of nitrogens with one attached hydrogen (secondary N) is 1. The van der Waals surface area contributed by atoms with Gasteiger partial charge in [0, 0.05) is 17.1 Å². The predicted octanol–water partition coefficient (Wildman–Crippen LogP) is 4.51. The Bertz CT molecular complexity index is 958. The quantitative estimate of drug-likeness (QED) is 0.671. The first-order valence-electron chi connectivity index (χ1n) is 8.15. The van der Waals surface area contributed by atoms with Crippen molar-refractivity contribution in [3.05, 3.63) is 57.7 Å². The van der Waals surface area contributed by atoms with Crippen molar-refractivity contribution in [3.8, 4) is 0 Å². The van der Waals surface area contributed by atoms with Crippen LogP contribution in [0.4, 0.5) is 5.69 Å². The van der Waals surface area contributed by atoms with Gasteiger partial charge in [-0.1, -0.05) is 29.0 Å². The highest BCUT2D eigenvalue weighted by molar-refractivity contribution is 8.00. The lowest BCUT2D eigenvalue weighted by Crippen LogP contribution is -2.22. The van der Waals surface area contributed by atoms with E-state index < -0.39 is 0 Å². The summed E-state index contributed by atoms with van der Waals surface area (Å²) >= 11 is 2.74. The molecule has 1 amide bonds. The zero-order chi connectivity index (χ0) is 18.0. The standard InChI is InChI=1S/C19H20N2O2S2/c1-4-21-16-10-7-14(11-17(16)25-19(21)23)20-18(22)13(3)24-15-8-5-12(2)6-9-15/h5-11,13H,4H2,1-3H3,(H,20,22)/t13-/m1/s1. The van der Waals surface area contributed by atoms with Gasteiger partial charge in [0.05, 0.1) is 15.5 Å². The number of anilines is 1. The summed E-state index contributed by atoms with van der Waals surface area (Å²) < 4.78 is 2.63. The molecule has 25 heavy (non-hydrogen) atoms. The zero-order valence-electron chi connectivity index (χ0n) is 14.4. The van der Waals surface area contributed by atoms with E-state index in [-0.39, 0.29) is 16.0 Å². The summed E-state index contributed by atoms with van der Waals surface area (Å²) in [6.45, 7) is 6.53. The van der Waals surface area contributed by atoms with E-state index in [0.717, 1.165) is 20.8 Å². The van der Waals surface area contributed by atoms with E-state index in [0.29, 0.717) is 6.54 Å². The SMILES string of the molecule is CCn1c(=O)sc2cc(NC(=O)[C@@H](C)Sc3ccc(C)cc3)ccc21. The number of nitrogens with zero attached hydrogens (tertiary/aromatic N) is 1. The molecule has 2 aromatic carbocycles. The molecule has 1 atom stereocenters. The molecule has 1 N–H and O–H groups in total. The Morgan fingerprint density at radius 3 is 2.64 bits per heavy atom. The van der Waals surface area contributed by atoms with Crippen molar-refractivity contribution in [2.75, 3.05) is 5.32 Å². The number of hydrogen-bond donors (Lipinski definition) is 1. The Balaban J connectivity index is 1.72. The highest BCUT2D eigenvalue weighted by Crippen LogP contribution is 2.26. The number of amides is 1. The first-order chi connectivity index (χ1) is 12.0. The first kappa shape index (κ1) is 17.8. The molecule has 1 aromatic heterocycles. The second-order valence-electron chi connectivity index (χ2n) is 5.86. The minimum atomic E-state index is -0.211. The average Bonchev–Trinajstić information content (AvgIpc) is 2.91. The van der Waals surface area contributed by atoms with Crippen LogP contribution in [-0.2, 0) is 11.3 Å². The maximum Gasteiger partial charge on any atom is 0.308 e. The predicted molar refractivity (Wildman–Crippen MR) is 107 cm³/mol. The Morgan fingerprint density at radius 2 is 1.96 bits per heavy atom. The minimum Gasteiger partial charge on any atom is -0.325 e. The molecule has 6 heteroatoms. The third-order valence-electron chi connectivity index (χ3n) is 3.96. The number of thioether (sulfide) groups is 1. The second-order valence-corrected chi connectivity index (χ2v) is 8.26. The van der Waals surface area contributed by atoms with Crippen LogP contribution in [0.1, 0.15) is 19.4 Å². The number of benzene rings is 2. The molecule has 3 aromatic rings. The number of aryl methyl sites for hydroxylation is 2. The molecular weight excluding hydrogens is 352 g/mol. The van der Waals surface area contributed by atoms with E-state index in [1.165, 1.54) is 28.7 Å². The molecule has 0 spiro atoms. The third kappa shape index (κ3) is 3.96. The highest BCUT2D eigenvalue weighted by Gasteiger charge is 2.15. The van der Waals surface area contributed by atoms with Crippen LogP contribution < -0.4 is 10.2 Å². The summed E-state index contributed by atoms with van der Waals surface area (Å²) in [5.74, 6) is -0.0489. The fraction of sp³-hybridized carbons (Fsp3) is 0.263. The van der Waals surface area contributed by atoms with E-state index in [1.54, 1.807) is 4.57 Å². The summed E-state index contributed by atoms with van der Waals surface area (Å²) in [4.78, 5) is 25.5. The van der Waals surface area contributed by atoms with Gasteiger partial charge in [0.1, 0.15) is 0 Å². The molecule has 1 heterocycles. The fourth-order valence-corrected chi connectivity index (χ4v) is 4.42. The minimum absolute atomic E-state index is 0.0317. The summed E-state index contributed by atoms with van der Waals surface area (Å²) in [5, 5.41) is 2.74. The molecule has 0 saturated heterocycles. The van der Waals surface area contributed by atoms with Crippen LogP contribution in [-0.4, -0.2) is 15.7 Å². The molecule has 0 radical (unpaired) electrons. The van der Waals surface area contributed by atoms with Gasteiger partial charge < -0.3 is 5.32 Å². The molecule has 0 aliphatic rings. The van der Waals surface area contributed by atoms with Gasteiger partial charge in [0.15, 0.2) is 0 Å². The number of fused-ring (bicyclic) bond motifs is 1. The Kier molecular flexibility index (Phi) is 5.30. The summed E-state index contributed by atoms with van der Waals surface area (Å²) in [5.41, 5.74) is 2.84. The van der Waals surface area contributed by atoms with Crippen molar-refractivity contribution in [2.45, 2.75) is 37.5 Å². The summed E-state index contributed by atoms with van der Waals surface area (Å²) in [7, 11) is 0. The molecule has 130 valence electrons. The number of hydrogen-bond acceptors (Lipinski definition) is 4. The van der Waals surface area contributed by atoms with Crippen LogP contribution in [0.25, 0.3) is 10.2 Å². The number of carbonyl (C=O) groups is 1. The van der Waals surface area contributed by atoms with Crippen LogP contribution in [0.3, 0.4) is 0 Å². The zero-order valence-corrected chi connectivity index (χ0v) is 16.0. The van der Waals surface area contributed by atoms with Gasteiger partial charge in [-0.2, -0.15) is 0 Å². The van der Waals surface area contributed by atoms with E-state index >= 15 is 0 Å². The largest absolute Gasteiger partial charge is 0.325 e. The Labute approximate surface area is 154 Å². The van der Waals surface area contributed by atoms with Crippen LogP contribution in [0.15, 0.2) is 52.2 Å². The summed E-state index contributed by atoms with van der Waals surface area (Å²) in [6.07, 6.45) is 0. The van der Waals surface area contributed by atoms with Crippen molar-refractivity contribution in [3.63, 3.8) is 0 Å². The van der Waals surface area contributed by atoms with Gasteiger partial charge in [-0.05, 0) is 51.1 Å². The number of aromatic nitrogens is 1. The first-order valence-corrected chi connectivity index (χ1v) is 9.85. The smallest absolute Gasteiger partial charge is 0.308 e. The third-order valence-corrected chi connectivity index (χ3v) is 6.01. The fourth-order valence-electron chi connectivity index (χ4n) is 2.56. The lowest BCUT2D eigenvalue weighted by atomic mass is 10.2. The van der Waals surface area contributed by atoms with E-state index in [9.17, 15) is 9.59 Å².